The van der Waals surface area contributed by atoms with Gasteiger partial charge in [-0.1, -0.05) is 19.1 Å². The number of amides is 1. The molecule has 0 aliphatic heterocycles. The number of fused-ring (bicyclic) bond motifs is 1. The van der Waals surface area contributed by atoms with Crippen LogP contribution in [-0.4, -0.2) is 20.4 Å². The molecule has 8 heteroatoms. The van der Waals surface area contributed by atoms with E-state index in [0.29, 0.717) is 10.6 Å². The van der Waals surface area contributed by atoms with Gasteiger partial charge >= 0.3 is 0 Å². The van der Waals surface area contributed by atoms with Gasteiger partial charge in [-0.25, -0.2) is 9.97 Å². The Morgan fingerprint density at radius 2 is 2.19 bits per heavy atom. The Labute approximate surface area is 155 Å². The summed E-state index contributed by atoms with van der Waals surface area (Å²) in [6.45, 7) is 4.01. The first kappa shape index (κ1) is 17.6. The first-order valence-electron chi connectivity index (χ1n) is 8.13. The molecule has 0 aliphatic rings. The number of para-hydroxylation sites is 2. The molecule has 0 atom stereocenters. The molecule has 26 heavy (non-hydrogen) atoms. The minimum absolute atomic E-state index is 0.142. The highest BCUT2D eigenvalue weighted by molar-refractivity contribution is 7.10. The lowest BCUT2D eigenvalue weighted by molar-refractivity contribution is -0.122. The molecule has 1 aromatic carbocycles. The van der Waals surface area contributed by atoms with Gasteiger partial charge in [0.2, 0.25) is 0 Å². The summed E-state index contributed by atoms with van der Waals surface area (Å²) in [6.07, 6.45) is 2.18. The number of imidazole rings is 1. The molecule has 7 nitrogen and oxygen atoms in total. The molecule has 0 fully saturated rings. The van der Waals surface area contributed by atoms with Crippen LogP contribution in [0.25, 0.3) is 16.6 Å². The number of nitriles is 1. The van der Waals surface area contributed by atoms with Crippen molar-refractivity contribution in [3.63, 3.8) is 0 Å². The summed E-state index contributed by atoms with van der Waals surface area (Å²) < 4.78 is 1.89. The van der Waals surface area contributed by atoms with Crippen molar-refractivity contribution in [2.75, 3.05) is 0 Å². The molecule has 132 valence electrons. The molecule has 1 amide bonds. The van der Waals surface area contributed by atoms with Crippen LogP contribution in [0.2, 0.25) is 0 Å². The fourth-order valence-electron chi connectivity index (χ4n) is 2.56. The summed E-state index contributed by atoms with van der Waals surface area (Å²) in [5, 5.41) is 11.7. The maximum Gasteiger partial charge on any atom is 0.258 e. The zero-order valence-corrected chi connectivity index (χ0v) is 15.3. The fraction of sp³-hybridized carbons (Fsp3) is 0.222. The number of hydrogen-bond donors (Lipinski definition) is 2. The molecule has 3 aromatic rings. The standard InChI is InChI=1S/C18H18N6OS/c1-3-16-22-14-6-4-5-7-15(14)24(16)10-17(25)23-20-9-13(8-19)18-21-12(2)11-26-18/h4-7,9,11,20H,3,10H2,1-2H3,(H,23,25)/b13-9+. The second-order valence-corrected chi connectivity index (χ2v) is 6.47. The normalized spacial score (nSPS) is 11.3. The van der Waals surface area contributed by atoms with Crippen LogP contribution in [0.1, 0.15) is 23.4 Å². The van der Waals surface area contributed by atoms with Crippen LogP contribution in [0.4, 0.5) is 0 Å². The first-order valence-corrected chi connectivity index (χ1v) is 9.01. The van der Waals surface area contributed by atoms with Gasteiger partial charge in [-0.15, -0.1) is 11.3 Å². The molecule has 2 heterocycles. The predicted molar refractivity (Wildman–Crippen MR) is 101 cm³/mol. The molecule has 2 N–H and O–H groups in total. The molecule has 2 aromatic heterocycles. The van der Waals surface area contributed by atoms with Gasteiger partial charge in [0.05, 0.1) is 11.0 Å². The van der Waals surface area contributed by atoms with E-state index in [9.17, 15) is 10.1 Å². The molecule has 3 rings (SSSR count). The van der Waals surface area contributed by atoms with E-state index in [-0.39, 0.29) is 12.5 Å². The van der Waals surface area contributed by atoms with E-state index in [1.54, 1.807) is 0 Å². The lowest BCUT2D eigenvalue weighted by atomic mass is 10.3. The summed E-state index contributed by atoms with van der Waals surface area (Å²) in [4.78, 5) is 21.1. The van der Waals surface area contributed by atoms with E-state index in [4.69, 9.17) is 0 Å². The molecule has 0 bridgehead atoms. The molecular formula is C18H18N6OS. The molecule has 0 radical (unpaired) electrons. The van der Waals surface area contributed by atoms with Crippen molar-refractivity contribution >= 4 is 33.9 Å². The summed E-state index contributed by atoms with van der Waals surface area (Å²) >= 11 is 1.38. The SMILES string of the molecule is CCc1nc2ccccc2n1CC(=O)NN/C=C(\C#N)c1nc(C)cs1. The zero-order chi connectivity index (χ0) is 18.5. The Balaban J connectivity index is 1.68. The molecule has 0 spiro atoms. The third-order valence-electron chi connectivity index (χ3n) is 3.75. The largest absolute Gasteiger partial charge is 0.318 e. The number of nitrogens with one attached hydrogen (secondary N) is 2. The lowest BCUT2D eigenvalue weighted by Crippen LogP contribution is -2.36. The van der Waals surface area contributed by atoms with Crippen LogP contribution in [0.15, 0.2) is 35.8 Å². The Bertz CT molecular complexity index is 1010. The van der Waals surface area contributed by atoms with Gasteiger partial charge in [0, 0.05) is 23.7 Å². The molecule has 0 aliphatic carbocycles. The second-order valence-electron chi connectivity index (χ2n) is 5.61. The van der Waals surface area contributed by atoms with E-state index in [1.807, 2.05) is 48.1 Å². The number of nitrogens with zero attached hydrogens (tertiary/aromatic N) is 4. The van der Waals surface area contributed by atoms with Gasteiger partial charge in [-0.05, 0) is 19.1 Å². The number of thiazole rings is 1. The van der Waals surface area contributed by atoms with Crippen molar-refractivity contribution in [3.8, 4) is 6.07 Å². The Morgan fingerprint density at radius 3 is 2.88 bits per heavy atom. The second kappa shape index (κ2) is 7.80. The predicted octanol–water partition coefficient (Wildman–Crippen LogP) is 2.55. The minimum Gasteiger partial charge on any atom is -0.318 e. The Hall–Kier alpha value is -3.18. The number of benzene rings is 1. The van der Waals surface area contributed by atoms with E-state index in [1.165, 1.54) is 17.5 Å². The number of hydrazine groups is 1. The Morgan fingerprint density at radius 1 is 1.38 bits per heavy atom. The van der Waals surface area contributed by atoms with Crippen molar-refractivity contribution in [2.45, 2.75) is 26.8 Å². The summed E-state index contributed by atoms with van der Waals surface area (Å²) in [5.74, 6) is 0.625. The fourth-order valence-corrected chi connectivity index (χ4v) is 3.33. The van der Waals surface area contributed by atoms with Crippen molar-refractivity contribution < 1.29 is 4.79 Å². The van der Waals surface area contributed by atoms with Crippen LogP contribution in [0.3, 0.4) is 0 Å². The smallest absolute Gasteiger partial charge is 0.258 e. The van der Waals surface area contributed by atoms with Gasteiger partial charge in [0.15, 0.2) is 0 Å². The Kier molecular flexibility index (Phi) is 5.29. The van der Waals surface area contributed by atoms with Crippen LogP contribution < -0.4 is 10.9 Å². The average Bonchev–Trinajstić information content (AvgIpc) is 3.22. The number of allylic oxidation sites excluding steroid dienone is 1. The lowest BCUT2D eigenvalue weighted by Gasteiger charge is -2.09. The quantitative estimate of drug-likeness (QED) is 0.516. The van der Waals surface area contributed by atoms with Crippen molar-refractivity contribution in [1.82, 2.24) is 25.4 Å². The van der Waals surface area contributed by atoms with Crippen LogP contribution >= 0.6 is 11.3 Å². The van der Waals surface area contributed by atoms with Crippen molar-refractivity contribution in [3.05, 3.63) is 52.4 Å². The highest BCUT2D eigenvalue weighted by Crippen LogP contribution is 2.18. The summed E-state index contributed by atoms with van der Waals surface area (Å²) in [7, 11) is 0. The van der Waals surface area contributed by atoms with Gasteiger partial charge in [-0.3, -0.25) is 10.2 Å². The summed E-state index contributed by atoms with van der Waals surface area (Å²) in [5.41, 5.74) is 8.30. The number of rotatable bonds is 6. The number of hydrogen-bond acceptors (Lipinski definition) is 6. The number of aryl methyl sites for hydroxylation is 2. The first-order chi connectivity index (χ1) is 12.6. The van der Waals surface area contributed by atoms with Gasteiger partial charge < -0.3 is 9.99 Å². The molecular weight excluding hydrogens is 348 g/mol. The van der Waals surface area contributed by atoms with Crippen molar-refractivity contribution in [1.29, 1.82) is 5.26 Å². The van der Waals surface area contributed by atoms with E-state index in [2.05, 4.69) is 26.9 Å². The number of carbonyl (C=O) groups excluding carboxylic acids is 1. The monoisotopic (exact) mass is 366 g/mol. The van der Waals surface area contributed by atoms with Crippen LogP contribution in [0, 0.1) is 18.3 Å². The topological polar surface area (TPSA) is 95.6 Å². The highest BCUT2D eigenvalue weighted by atomic mass is 32.1. The maximum absolute atomic E-state index is 12.3. The third kappa shape index (κ3) is 3.73. The van der Waals surface area contributed by atoms with Gasteiger partial charge in [0.25, 0.3) is 5.91 Å². The molecule has 0 saturated carbocycles. The number of aromatic nitrogens is 3. The highest BCUT2D eigenvalue weighted by Gasteiger charge is 2.12. The molecule has 0 unspecified atom stereocenters. The average molecular weight is 366 g/mol. The van der Waals surface area contributed by atoms with E-state index in [0.717, 1.165) is 29.0 Å². The van der Waals surface area contributed by atoms with Gasteiger partial charge in [-0.2, -0.15) is 5.26 Å². The van der Waals surface area contributed by atoms with E-state index >= 15 is 0 Å². The van der Waals surface area contributed by atoms with Gasteiger partial charge in [0.1, 0.15) is 29.0 Å². The third-order valence-corrected chi connectivity index (χ3v) is 4.74. The zero-order valence-electron chi connectivity index (χ0n) is 14.5. The maximum atomic E-state index is 12.3. The summed E-state index contributed by atoms with van der Waals surface area (Å²) in [6, 6.07) is 9.80. The minimum atomic E-state index is -0.230. The van der Waals surface area contributed by atoms with E-state index < -0.39 is 0 Å². The van der Waals surface area contributed by atoms with Crippen LogP contribution in [-0.2, 0) is 17.8 Å². The van der Waals surface area contributed by atoms with Crippen molar-refractivity contribution in [2.24, 2.45) is 0 Å². The van der Waals surface area contributed by atoms with Crippen LogP contribution in [0.5, 0.6) is 0 Å². The molecule has 0 saturated heterocycles. The number of carbonyl (C=O) groups is 1.